The molecule has 0 saturated heterocycles. The average Bonchev–Trinajstić information content (AvgIpc) is 2.93. The molecule has 2 atom stereocenters. The van der Waals surface area contributed by atoms with E-state index in [0.717, 1.165) is 17.2 Å². The van der Waals surface area contributed by atoms with Crippen LogP contribution in [0.5, 0.6) is 5.75 Å². The van der Waals surface area contributed by atoms with Gasteiger partial charge < -0.3 is 25.4 Å². The summed E-state index contributed by atoms with van der Waals surface area (Å²) in [7, 11) is 0. The van der Waals surface area contributed by atoms with E-state index in [4.69, 9.17) is 4.74 Å². The van der Waals surface area contributed by atoms with Gasteiger partial charge in [0.15, 0.2) is 0 Å². The molecule has 42 heavy (non-hydrogen) atoms. The minimum Gasteiger partial charge on any atom is -0.508 e. The summed E-state index contributed by atoms with van der Waals surface area (Å²) in [5.41, 5.74) is 1.02. The van der Waals surface area contributed by atoms with Crippen LogP contribution in [0.1, 0.15) is 64.1 Å². The molecule has 2 unspecified atom stereocenters. The molecule has 0 fully saturated rings. The van der Waals surface area contributed by atoms with E-state index < -0.39 is 23.8 Å². The van der Waals surface area contributed by atoms with E-state index in [1.165, 1.54) is 6.07 Å². The Labute approximate surface area is 253 Å². The summed E-state index contributed by atoms with van der Waals surface area (Å²) in [5, 5.41) is 18.0. The summed E-state index contributed by atoms with van der Waals surface area (Å²) in [5.74, 6) is -0.0307. The quantitative estimate of drug-likeness (QED) is 0.213. The maximum atomic E-state index is 14.3. The number of phenols is 1. The summed E-state index contributed by atoms with van der Waals surface area (Å²) in [4.78, 5) is 42.7. The summed E-state index contributed by atoms with van der Waals surface area (Å²) in [6.07, 6.45) is 3.07. The van der Waals surface area contributed by atoms with Crippen molar-refractivity contribution in [3.05, 3.63) is 71.8 Å². The van der Waals surface area contributed by atoms with Crippen molar-refractivity contribution in [2.75, 3.05) is 23.9 Å². The highest BCUT2D eigenvalue weighted by molar-refractivity contribution is 7.98. The predicted molar refractivity (Wildman–Crippen MR) is 171 cm³/mol. The minimum atomic E-state index is -1.01. The SMILES string of the molecule is CCCCN(C(=O)C(CCSC)NC(=O)OC(C)(C)C)C(C(=O)Nc1ccc2ccccc2c1)c1ccc(O)c(C)c1. The predicted octanol–water partition coefficient (Wildman–Crippen LogP) is 6.81. The third-order valence-corrected chi connectivity index (χ3v) is 7.39. The van der Waals surface area contributed by atoms with Gasteiger partial charge in [0.1, 0.15) is 23.4 Å². The number of benzene rings is 3. The van der Waals surface area contributed by atoms with E-state index in [9.17, 15) is 19.5 Å². The number of nitrogens with zero attached hydrogens (tertiary/aromatic N) is 1. The first kappa shape index (κ1) is 32.8. The number of hydrogen-bond donors (Lipinski definition) is 3. The molecule has 8 nitrogen and oxygen atoms in total. The van der Waals surface area contributed by atoms with Crippen molar-refractivity contribution in [3.63, 3.8) is 0 Å². The van der Waals surface area contributed by atoms with Gasteiger partial charge in [-0.15, -0.1) is 0 Å². The fourth-order valence-corrected chi connectivity index (χ4v) is 5.11. The molecular formula is C33H43N3O5S. The molecule has 0 aliphatic heterocycles. The topological polar surface area (TPSA) is 108 Å². The molecule has 0 aliphatic rings. The number of carbonyl (C=O) groups excluding carboxylic acids is 3. The van der Waals surface area contributed by atoms with Crippen LogP contribution in [0, 0.1) is 6.92 Å². The number of carbonyl (C=O) groups is 3. The maximum Gasteiger partial charge on any atom is 0.408 e. The number of fused-ring (bicyclic) bond motifs is 1. The second-order valence-electron chi connectivity index (χ2n) is 11.4. The van der Waals surface area contributed by atoms with E-state index in [-0.39, 0.29) is 17.6 Å². The molecule has 3 aromatic carbocycles. The third kappa shape index (κ3) is 9.14. The molecule has 226 valence electrons. The number of alkyl carbamates (subject to hydrolysis) is 1. The molecule has 0 radical (unpaired) electrons. The Morgan fingerprint density at radius 2 is 1.74 bits per heavy atom. The second kappa shape index (κ2) is 15.0. The van der Waals surface area contributed by atoms with Crippen molar-refractivity contribution in [1.82, 2.24) is 10.2 Å². The van der Waals surface area contributed by atoms with Crippen LogP contribution in [0.3, 0.4) is 0 Å². The number of phenolic OH excluding ortho intramolecular Hbond substituents is 1. The van der Waals surface area contributed by atoms with Gasteiger partial charge in [0.25, 0.3) is 5.91 Å². The van der Waals surface area contributed by atoms with Crippen LogP contribution in [0.4, 0.5) is 10.5 Å². The molecule has 3 rings (SSSR count). The number of anilines is 1. The molecule has 3 N–H and O–H groups in total. The zero-order valence-corrected chi connectivity index (χ0v) is 26.2. The van der Waals surface area contributed by atoms with E-state index in [0.29, 0.717) is 42.0 Å². The van der Waals surface area contributed by atoms with E-state index in [1.54, 1.807) is 56.5 Å². The number of rotatable bonds is 12. The van der Waals surface area contributed by atoms with Crippen LogP contribution in [-0.4, -0.2) is 58.1 Å². The highest BCUT2D eigenvalue weighted by atomic mass is 32.2. The summed E-state index contributed by atoms with van der Waals surface area (Å²) in [6.45, 7) is 9.36. The minimum absolute atomic E-state index is 0.100. The van der Waals surface area contributed by atoms with Gasteiger partial charge in [0.05, 0.1) is 0 Å². The molecular weight excluding hydrogens is 550 g/mol. The monoisotopic (exact) mass is 593 g/mol. The maximum absolute atomic E-state index is 14.3. The number of nitrogens with one attached hydrogen (secondary N) is 2. The van der Waals surface area contributed by atoms with Gasteiger partial charge in [0, 0.05) is 12.2 Å². The molecule has 0 heterocycles. The summed E-state index contributed by atoms with van der Waals surface area (Å²) >= 11 is 1.56. The largest absolute Gasteiger partial charge is 0.508 e. The number of thioether (sulfide) groups is 1. The van der Waals surface area contributed by atoms with Crippen molar-refractivity contribution in [3.8, 4) is 5.75 Å². The lowest BCUT2D eigenvalue weighted by atomic mass is 9.99. The first-order chi connectivity index (χ1) is 19.9. The van der Waals surface area contributed by atoms with E-state index in [1.807, 2.05) is 55.6 Å². The lowest BCUT2D eigenvalue weighted by molar-refractivity contribution is -0.141. The van der Waals surface area contributed by atoms with Crippen molar-refractivity contribution < 1.29 is 24.2 Å². The third-order valence-electron chi connectivity index (χ3n) is 6.75. The number of amides is 3. The molecule has 3 aromatic rings. The summed E-state index contributed by atoms with van der Waals surface area (Å²) in [6, 6.07) is 16.6. The fraction of sp³-hybridized carbons (Fsp3) is 0.424. The molecule has 0 aromatic heterocycles. The standard InChI is InChI=1S/C33H43N3O5S/c1-7-8-18-36(31(39)27(17-19-42-6)35-32(40)41-33(3,4)5)29(25-14-16-28(37)22(2)20-25)30(38)34-26-15-13-23-11-9-10-12-24(23)21-26/h9-16,20-21,27,29,37H,7-8,17-19H2,1-6H3,(H,34,38)(H,35,40). The molecule has 3 amide bonds. The van der Waals surface area contributed by atoms with Crippen molar-refractivity contribution in [1.29, 1.82) is 0 Å². The fourth-order valence-electron chi connectivity index (χ4n) is 4.64. The molecule has 0 saturated carbocycles. The number of aryl methyl sites for hydroxylation is 1. The van der Waals surface area contributed by atoms with Crippen LogP contribution in [0.15, 0.2) is 60.7 Å². The number of ether oxygens (including phenoxy) is 1. The molecule has 0 aliphatic carbocycles. The number of unbranched alkanes of at least 4 members (excludes halogenated alkanes) is 1. The van der Waals surface area contributed by atoms with Crippen molar-refractivity contribution >= 4 is 46.1 Å². The van der Waals surface area contributed by atoms with Crippen LogP contribution < -0.4 is 10.6 Å². The van der Waals surface area contributed by atoms with Gasteiger partial charge in [-0.1, -0.05) is 49.7 Å². The van der Waals surface area contributed by atoms with Gasteiger partial charge in [0.2, 0.25) is 5.91 Å². The molecule has 0 spiro atoms. The Morgan fingerprint density at radius 3 is 2.38 bits per heavy atom. The zero-order chi connectivity index (χ0) is 30.9. The smallest absolute Gasteiger partial charge is 0.408 e. The number of hydrogen-bond acceptors (Lipinski definition) is 6. The zero-order valence-electron chi connectivity index (χ0n) is 25.4. The Hall–Kier alpha value is -3.72. The average molecular weight is 594 g/mol. The van der Waals surface area contributed by atoms with Crippen LogP contribution in [-0.2, 0) is 14.3 Å². The Morgan fingerprint density at radius 1 is 1.02 bits per heavy atom. The Balaban J connectivity index is 2.03. The van der Waals surface area contributed by atoms with Gasteiger partial charge in [-0.25, -0.2) is 4.79 Å². The highest BCUT2D eigenvalue weighted by Crippen LogP contribution is 2.29. The van der Waals surface area contributed by atoms with Crippen LogP contribution in [0.2, 0.25) is 0 Å². The van der Waals surface area contributed by atoms with Crippen molar-refractivity contribution in [2.45, 2.75) is 71.6 Å². The first-order valence-corrected chi connectivity index (χ1v) is 15.7. The van der Waals surface area contributed by atoms with Gasteiger partial charge in [-0.05, 0) is 98.7 Å². The van der Waals surface area contributed by atoms with Crippen molar-refractivity contribution in [2.24, 2.45) is 0 Å². The van der Waals surface area contributed by atoms with Crippen LogP contribution in [0.25, 0.3) is 10.8 Å². The van der Waals surface area contributed by atoms with Gasteiger partial charge in [-0.2, -0.15) is 11.8 Å². The normalized spacial score (nSPS) is 12.8. The Bertz CT molecular complexity index is 1390. The highest BCUT2D eigenvalue weighted by Gasteiger charge is 2.36. The lowest BCUT2D eigenvalue weighted by Crippen LogP contribution is -2.52. The molecule has 0 bridgehead atoms. The van der Waals surface area contributed by atoms with Gasteiger partial charge in [-0.3, -0.25) is 9.59 Å². The molecule has 9 heteroatoms. The van der Waals surface area contributed by atoms with E-state index in [2.05, 4.69) is 10.6 Å². The van der Waals surface area contributed by atoms with E-state index >= 15 is 0 Å². The lowest BCUT2D eigenvalue weighted by Gasteiger charge is -2.34. The summed E-state index contributed by atoms with van der Waals surface area (Å²) < 4.78 is 5.46. The van der Waals surface area contributed by atoms with Gasteiger partial charge >= 0.3 is 6.09 Å². The number of aromatic hydroxyl groups is 1. The first-order valence-electron chi connectivity index (χ1n) is 14.3. The second-order valence-corrected chi connectivity index (χ2v) is 12.4. The Kier molecular flexibility index (Phi) is 11.7. The van der Waals surface area contributed by atoms with Crippen LogP contribution >= 0.6 is 11.8 Å².